The summed E-state index contributed by atoms with van der Waals surface area (Å²) >= 11 is 0. The third-order valence-corrected chi connectivity index (χ3v) is 3.85. The van der Waals surface area contributed by atoms with Crippen LogP contribution < -0.4 is 0 Å². The van der Waals surface area contributed by atoms with E-state index in [2.05, 4.69) is 0 Å². The standard InChI is InChI=1S/C17H10F2/c1-9-8-13-11-6-2-4-10-5-3-7-12(14(10)11)15(13)17(19)16(9)18/h2-8H,1H3. The Balaban J connectivity index is 2.27. The summed E-state index contributed by atoms with van der Waals surface area (Å²) in [6.45, 7) is 1.60. The zero-order valence-corrected chi connectivity index (χ0v) is 10.3. The molecule has 0 saturated carbocycles. The first-order chi connectivity index (χ1) is 9.18. The monoisotopic (exact) mass is 252 g/mol. The van der Waals surface area contributed by atoms with E-state index in [0.717, 1.165) is 27.5 Å². The molecule has 1 aliphatic carbocycles. The van der Waals surface area contributed by atoms with Crippen LogP contribution in [0, 0.1) is 18.6 Å². The van der Waals surface area contributed by atoms with Crippen LogP contribution in [0.3, 0.4) is 0 Å². The van der Waals surface area contributed by atoms with Gasteiger partial charge in [0.1, 0.15) is 0 Å². The molecule has 0 aliphatic heterocycles. The van der Waals surface area contributed by atoms with E-state index in [-0.39, 0.29) is 0 Å². The first-order valence-electron chi connectivity index (χ1n) is 6.19. The molecule has 0 aromatic heterocycles. The summed E-state index contributed by atoms with van der Waals surface area (Å²) in [5.41, 5.74) is 3.32. The second-order valence-electron chi connectivity index (χ2n) is 4.95. The summed E-state index contributed by atoms with van der Waals surface area (Å²) in [5.74, 6) is -1.48. The van der Waals surface area contributed by atoms with E-state index in [0.29, 0.717) is 11.1 Å². The Labute approximate surface area is 109 Å². The van der Waals surface area contributed by atoms with Crippen molar-refractivity contribution in [2.24, 2.45) is 0 Å². The normalized spacial score (nSPS) is 11.9. The molecule has 0 heterocycles. The molecule has 0 unspecified atom stereocenters. The first kappa shape index (κ1) is 10.7. The van der Waals surface area contributed by atoms with Gasteiger partial charge in [-0.15, -0.1) is 0 Å². The summed E-state index contributed by atoms with van der Waals surface area (Å²) in [6.07, 6.45) is 0. The van der Waals surface area contributed by atoms with Crippen molar-refractivity contribution in [2.45, 2.75) is 6.92 Å². The Morgan fingerprint density at radius 2 is 1.47 bits per heavy atom. The van der Waals surface area contributed by atoms with Gasteiger partial charge in [-0.25, -0.2) is 8.78 Å². The molecule has 0 nitrogen and oxygen atoms in total. The van der Waals surface area contributed by atoms with E-state index in [4.69, 9.17) is 0 Å². The zero-order chi connectivity index (χ0) is 13.1. The minimum absolute atomic E-state index is 0.348. The molecular formula is C17H10F2. The highest BCUT2D eigenvalue weighted by molar-refractivity contribution is 6.15. The molecule has 0 N–H and O–H groups in total. The molecule has 92 valence electrons. The minimum atomic E-state index is -0.747. The van der Waals surface area contributed by atoms with Crippen molar-refractivity contribution in [1.82, 2.24) is 0 Å². The summed E-state index contributed by atoms with van der Waals surface area (Å²) < 4.78 is 28.1. The van der Waals surface area contributed by atoms with Gasteiger partial charge in [0.15, 0.2) is 11.6 Å². The lowest BCUT2D eigenvalue weighted by Gasteiger charge is -2.07. The van der Waals surface area contributed by atoms with Gasteiger partial charge in [0, 0.05) is 5.56 Å². The minimum Gasteiger partial charge on any atom is -0.203 e. The molecule has 19 heavy (non-hydrogen) atoms. The van der Waals surface area contributed by atoms with E-state index < -0.39 is 11.6 Å². The van der Waals surface area contributed by atoms with Crippen LogP contribution in [0.2, 0.25) is 0 Å². The smallest absolute Gasteiger partial charge is 0.167 e. The molecule has 0 radical (unpaired) electrons. The lowest BCUT2D eigenvalue weighted by molar-refractivity contribution is 0.506. The Bertz CT molecular complexity index is 842. The molecule has 0 amide bonds. The average Bonchev–Trinajstić information content (AvgIpc) is 2.74. The van der Waals surface area contributed by atoms with Crippen LogP contribution in [-0.2, 0) is 0 Å². The fourth-order valence-corrected chi connectivity index (χ4v) is 3.00. The van der Waals surface area contributed by atoms with Crippen molar-refractivity contribution in [3.63, 3.8) is 0 Å². The van der Waals surface area contributed by atoms with Crippen molar-refractivity contribution in [2.75, 3.05) is 0 Å². The SMILES string of the molecule is Cc1cc2c(c(F)c1F)-c1cccc3cccc-2c13. The number of hydrogen-bond donors (Lipinski definition) is 0. The Kier molecular flexibility index (Phi) is 1.92. The molecule has 2 heteroatoms. The predicted octanol–water partition coefficient (Wildman–Crippen LogP) is 5.07. The van der Waals surface area contributed by atoms with E-state index >= 15 is 0 Å². The zero-order valence-electron chi connectivity index (χ0n) is 10.3. The number of aryl methyl sites for hydroxylation is 1. The van der Waals surface area contributed by atoms with Gasteiger partial charge in [0.05, 0.1) is 0 Å². The lowest BCUT2D eigenvalue weighted by Crippen LogP contribution is -1.93. The van der Waals surface area contributed by atoms with Crippen molar-refractivity contribution in [1.29, 1.82) is 0 Å². The van der Waals surface area contributed by atoms with Crippen molar-refractivity contribution < 1.29 is 8.78 Å². The van der Waals surface area contributed by atoms with Crippen LogP contribution >= 0.6 is 0 Å². The van der Waals surface area contributed by atoms with Crippen molar-refractivity contribution in [3.05, 3.63) is 59.7 Å². The maximum atomic E-state index is 14.3. The molecule has 4 rings (SSSR count). The van der Waals surface area contributed by atoms with Gasteiger partial charge in [-0.3, -0.25) is 0 Å². The van der Waals surface area contributed by atoms with E-state index in [1.165, 1.54) is 0 Å². The largest absolute Gasteiger partial charge is 0.203 e. The molecule has 0 bridgehead atoms. The van der Waals surface area contributed by atoms with Crippen LogP contribution in [0.25, 0.3) is 33.0 Å². The predicted molar refractivity (Wildman–Crippen MR) is 73.0 cm³/mol. The van der Waals surface area contributed by atoms with Crippen LogP contribution in [0.1, 0.15) is 5.56 Å². The number of fused-ring (bicyclic) bond motifs is 3. The lowest BCUT2D eigenvalue weighted by atomic mass is 10.0. The van der Waals surface area contributed by atoms with E-state index in [1.54, 1.807) is 13.0 Å². The summed E-state index contributed by atoms with van der Waals surface area (Å²) in [5, 5.41) is 2.08. The number of halogens is 2. The van der Waals surface area contributed by atoms with Gasteiger partial charge in [-0.2, -0.15) is 0 Å². The van der Waals surface area contributed by atoms with Crippen LogP contribution in [0.5, 0.6) is 0 Å². The molecule has 0 fully saturated rings. The molecule has 0 spiro atoms. The van der Waals surface area contributed by atoms with Gasteiger partial charge in [0.2, 0.25) is 0 Å². The topological polar surface area (TPSA) is 0 Å². The summed E-state index contributed by atoms with van der Waals surface area (Å²) in [7, 11) is 0. The maximum absolute atomic E-state index is 14.3. The highest BCUT2D eigenvalue weighted by Crippen LogP contribution is 2.48. The first-order valence-corrected chi connectivity index (χ1v) is 6.19. The second kappa shape index (κ2) is 3.41. The van der Waals surface area contributed by atoms with Gasteiger partial charge >= 0.3 is 0 Å². The van der Waals surface area contributed by atoms with Crippen LogP contribution in [0.4, 0.5) is 8.78 Å². The Hall–Kier alpha value is -2.22. The third-order valence-electron chi connectivity index (χ3n) is 3.85. The Morgan fingerprint density at radius 3 is 2.21 bits per heavy atom. The highest BCUT2D eigenvalue weighted by Gasteiger charge is 2.26. The van der Waals surface area contributed by atoms with Crippen LogP contribution in [0.15, 0.2) is 42.5 Å². The molecule has 3 aromatic carbocycles. The molecule has 0 atom stereocenters. The fraction of sp³-hybridized carbons (Fsp3) is 0.0588. The van der Waals surface area contributed by atoms with Crippen molar-refractivity contribution in [3.8, 4) is 22.3 Å². The number of hydrogen-bond acceptors (Lipinski definition) is 0. The fourth-order valence-electron chi connectivity index (χ4n) is 3.00. The van der Waals surface area contributed by atoms with Gasteiger partial charge in [-0.05, 0) is 46.0 Å². The van der Waals surface area contributed by atoms with Crippen LogP contribution in [-0.4, -0.2) is 0 Å². The maximum Gasteiger partial charge on any atom is 0.167 e. The highest BCUT2D eigenvalue weighted by atomic mass is 19.2. The molecule has 0 saturated heterocycles. The summed E-state index contributed by atoms with van der Waals surface area (Å²) in [6, 6.07) is 13.4. The number of rotatable bonds is 0. The number of benzene rings is 3. The van der Waals surface area contributed by atoms with Gasteiger partial charge < -0.3 is 0 Å². The molecular weight excluding hydrogens is 242 g/mol. The van der Waals surface area contributed by atoms with E-state index in [1.807, 2.05) is 36.4 Å². The second-order valence-corrected chi connectivity index (χ2v) is 4.95. The third kappa shape index (κ3) is 1.21. The Morgan fingerprint density at radius 1 is 0.789 bits per heavy atom. The van der Waals surface area contributed by atoms with Gasteiger partial charge in [-0.1, -0.05) is 36.4 Å². The van der Waals surface area contributed by atoms with Crippen molar-refractivity contribution >= 4 is 10.8 Å². The molecule has 1 aliphatic rings. The van der Waals surface area contributed by atoms with E-state index in [9.17, 15) is 8.78 Å². The quantitative estimate of drug-likeness (QED) is 0.409. The average molecular weight is 252 g/mol. The summed E-state index contributed by atoms with van der Waals surface area (Å²) in [4.78, 5) is 0. The van der Waals surface area contributed by atoms with Gasteiger partial charge in [0.25, 0.3) is 0 Å². The molecule has 3 aromatic rings.